The van der Waals surface area contributed by atoms with Crippen LogP contribution in [-0.4, -0.2) is 29.8 Å². The molecule has 1 aliphatic heterocycles. The van der Waals surface area contributed by atoms with E-state index >= 15 is 0 Å². The van der Waals surface area contributed by atoms with Crippen LogP contribution in [0.2, 0.25) is 0 Å². The topological polar surface area (TPSA) is 62.6 Å². The average Bonchev–Trinajstić information content (AvgIpc) is 3.02. The lowest BCUT2D eigenvalue weighted by molar-refractivity contribution is 0.0725. The molecule has 0 radical (unpaired) electrons. The van der Waals surface area contributed by atoms with Crippen LogP contribution in [0.25, 0.3) is 0 Å². The van der Waals surface area contributed by atoms with Gasteiger partial charge < -0.3 is 14.6 Å². The van der Waals surface area contributed by atoms with Gasteiger partial charge >= 0.3 is 0 Å². The predicted molar refractivity (Wildman–Crippen MR) is 87.6 cm³/mol. The fourth-order valence-electron chi connectivity index (χ4n) is 2.79. The normalized spacial score (nSPS) is 14.6. The molecule has 1 aromatic heterocycles. The Morgan fingerprint density at radius 2 is 1.78 bits per heavy atom. The monoisotopic (exact) mass is 312 g/mol. The minimum Gasteiger partial charge on any atom is -0.456 e. The molecule has 5 nitrogen and oxygen atoms in total. The highest BCUT2D eigenvalue weighted by Gasteiger charge is 2.21. The summed E-state index contributed by atoms with van der Waals surface area (Å²) in [5.74, 6) is 0.531. The van der Waals surface area contributed by atoms with Crippen LogP contribution in [0, 0.1) is 6.92 Å². The van der Waals surface area contributed by atoms with Crippen molar-refractivity contribution in [2.75, 3.05) is 18.4 Å². The van der Waals surface area contributed by atoms with Crippen molar-refractivity contribution < 1.29 is 14.0 Å². The Balaban J connectivity index is 1.80. The van der Waals surface area contributed by atoms with E-state index in [4.69, 9.17) is 4.42 Å². The van der Waals surface area contributed by atoms with Gasteiger partial charge in [-0.15, -0.1) is 0 Å². The molecule has 0 saturated carbocycles. The quantitative estimate of drug-likeness (QED) is 0.944. The second-order valence-electron chi connectivity index (χ2n) is 5.76. The van der Waals surface area contributed by atoms with Crippen LogP contribution < -0.4 is 5.32 Å². The Morgan fingerprint density at radius 1 is 1.04 bits per heavy atom. The summed E-state index contributed by atoms with van der Waals surface area (Å²) in [4.78, 5) is 26.8. The lowest BCUT2D eigenvalue weighted by Crippen LogP contribution is -2.36. The van der Waals surface area contributed by atoms with Crippen molar-refractivity contribution in [1.29, 1.82) is 0 Å². The fraction of sp³-hybridized carbons (Fsp3) is 0.333. The minimum absolute atomic E-state index is 0.0313. The summed E-state index contributed by atoms with van der Waals surface area (Å²) in [6.07, 6.45) is 3.23. The molecular weight excluding hydrogens is 292 g/mol. The lowest BCUT2D eigenvalue weighted by Gasteiger charge is -2.27. The Morgan fingerprint density at radius 3 is 2.48 bits per heavy atom. The van der Waals surface area contributed by atoms with Gasteiger partial charge in [0.05, 0.1) is 11.3 Å². The average molecular weight is 312 g/mol. The van der Waals surface area contributed by atoms with Crippen LogP contribution in [0.3, 0.4) is 0 Å². The third kappa shape index (κ3) is 3.44. The third-order valence-corrected chi connectivity index (χ3v) is 4.01. The summed E-state index contributed by atoms with van der Waals surface area (Å²) in [6.45, 7) is 3.33. The zero-order valence-corrected chi connectivity index (χ0v) is 13.2. The fourth-order valence-corrected chi connectivity index (χ4v) is 2.79. The zero-order chi connectivity index (χ0) is 16.2. The van der Waals surface area contributed by atoms with E-state index in [1.54, 1.807) is 37.3 Å². The molecule has 1 saturated heterocycles. The molecule has 2 aromatic rings. The summed E-state index contributed by atoms with van der Waals surface area (Å²) >= 11 is 0. The molecule has 23 heavy (non-hydrogen) atoms. The number of para-hydroxylation sites is 1. The Hall–Kier alpha value is -2.56. The van der Waals surface area contributed by atoms with Gasteiger partial charge in [-0.2, -0.15) is 0 Å². The number of hydrogen-bond donors (Lipinski definition) is 1. The minimum atomic E-state index is -0.350. The van der Waals surface area contributed by atoms with Crippen LogP contribution in [-0.2, 0) is 0 Å². The summed E-state index contributed by atoms with van der Waals surface area (Å²) in [5.41, 5.74) is 1.04. The number of nitrogens with zero attached hydrogens (tertiary/aromatic N) is 1. The molecule has 1 aromatic carbocycles. The lowest BCUT2D eigenvalue weighted by atomic mass is 10.1. The summed E-state index contributed by atoms with van der Waals surface area (Å²) < 4.78 is 5.33. The maximum absolute atomic E-state index is 12.7. The first-order valence-electron chi connectivity index (χ1n) is 7.91. The van der Waals surface area contributed by atoms with Gasteiger partial charge in [0, 0.05) is 13.1 Å². The predicted octanol–water partition coefficient (Wildman–Crippen LogP) is 3.47. The van der Waals surface area contributed by atoms with Gasteiger partial charge in [0.25, 0.3) is 11.8 Å². The molecule has 1 aliphatic rings. The molecule has 0 aliphatic carbocycles. The van der Waals surface area contributed by atoms with E-state index in [1.165, 1.54) is 6.42 Å². The number of carbonyl (C=O) groups excluding carboxylic acids is 2. The van der Waals surface area contributed by atoms with Gasteiger partial charge in [-0.05, 0) is 50.5 Å². The molecule has 3 rings (SSSR count). The van der Waals surface area contributed by atoms with Crippen molar-refractivity contribution in [2.45, 2.75) is 26.2 Å². The molecule has 1 N–H and O–H groups in total. The number of piperidine rings is 1. The standard InChI is InChI=1S/C18H20N2O3/c1-13-9-10-16(23-13)17(21)19-15-8-4-3-7-14(15)18(22)20-11-5-2-6-12-20/h3-4,7-10H,2,5-6,11-12H2,1H3,(H,19,21). The van der Waals surface area contributed by atoms with E-state index < -0.39 is 0 Å². The van der Waals surface area contributed by atoms with Crippen LogP contribution >= 0.6 is 0 Å². The van der Waals surface area contributed by atoms with E-state index in [-0.39, 0.29) is 17.6 Å². The van der Waals surface area contributed by atoms with E-state index in [9.17, 15) is 9.59 Å². The highest BCUT2D eigenvalue weighted by molar-refractivity contribution is 6.07. The van der Waals surface area contributed by atoms with Crippen molar-refractivity contribution in [3.8, 4) is 0 Å². The molecular formula is C18H20N2O3. The van der Waals surface area contributed by atoms with Crippen molar-refractivity contribution in [3.05, 3.63) is 53.5 Å². The summed E-state index contributed by atoms with van der Waals surface area (Å²) in [7, 11) is 0. The van der Waals surface area contributed by atoms with Crippen molar-refractivity contribution in [1.82, 2.24) is 4.90 Å². The number of amides is 2. The molecule has 0 bridgehead atoms. The maximum atomic E-state index is 12.7. The van der Waals surface area contributed by atoms with Gasteiger partial charge in [0.15, 0.2) is 5.76 Å². The highest BCUT2D eigenvalue weighted by Crippen LogP contribution is 2.21. The smallest absolute Gasteiger partial charge is 0.291 e. The van der Waals surface area contributed by atoms with E-state index in [1.807, 2.05) is 11.0 Å². The molecule has 0 unspecified atom stereocenters. The molecule has 120 valence electrons. The number of furan rings is 1. The summed E-state index contributed by atoms with van der Waals surface area (Å²) in [5, 5.41) is 2.78. The van der Waals surface area contributed by atoms with Crippen LogP contribution in [0.5, 0.6) is 0 Å². The van der Waals surface area contributed by atoms with Gasteiger partial charge in [-0.3, -0.25) is 9.59 Å². The number of aryl methyl sites for hydroxylation is 1. The number of carbonyl (C=O) groups is 2. The number of likely N-dealkylation sites (tertiary alicyclic amines) is 1. The Labute approximate surface area is 135 Å². The number of anilines is 1. The molecule has 0 spiro atoms. The molecule has 1 fully saturated rings. The molecule has 5 heteroatoms. The Kier molecular flexibility index (Phi) is 4.46. The van der Waals surface area contributed by atoms with E-state index in [0.29, 0.717) is 17.0 Å². The van der Waals surface area contributed by atoms with Crippen molar-refractivity contribution in [2.24, 2.45) is 0 Å². The highest BCUT2D eigenvalue weighted by atomic mass is 16.3. The first-order chi connectivity index (χ1) is 11.1. The zero-order valence-electron chi connectivity index (χ0n) is 13.2. The van der Waals surface area contributed by atoms with Crippen LogP contribution in [0.15, 0.2) is 40.8 Å². The second-order valence-corrected chi connectivity index (χ2v) is 5.76. The number of benzene rings is 1. The maximum Gasteiger partial charge on any atom is 0.291 e. The van der Waals surface area contributed by atoms with Gasteiger partial charge in [0.2, 0.25) is 0 Å². The number of nitrogens with one attached hydrogen (secondary N) is 1. The van der Waals surface area contributed by atoms with Crippen LogP contribution in [0.4, 0.5) is 5.69 Å². The molecule has 2 amide bonds. The van der Waals surface area contributed by atoms with Crippen LogP contribution in [0.1, 0.15) is 45.9 Å². The number of hydrogen-bond acceptors (Lipinski definition) is 3. The molecule has 2 heterocycles. The van der Waals surface area contributed by atoms with E-state index in [2.05, 4.69) is 5.32 Å². The second kappa shape index (κ2) is 6.69. The van der Waals surface area contributed by atoms with Crippen molar-refractivity contribution in [3.63, 3.8) is 0 Å². The Bertz CT molecular complexity index is 715. The SMILES string of the molecule is Cc1ccc(C(=O)Nc2ccccc2C(=O)N2CCCCC2)o1. The first-order valence-corrected chi connectivity index (χ1v) is 7.91. The number of rotatable bonds is 3. The third-order valence-electron chi connectivity index (χ3n) is 4.01. The summed E-state index contributed by atoms with van der Waals surface area (Å²) in [6, 6.07) is 10.5. The van der Waals surface area contributed by atoms with Gasteiger partial charge in [-0.25, -0.2) is 0 Å². The van der Waals surface area contributed by atoms with E-state index in [0.717, 1.165) is 25.9 Å². The van der Waals surface area contributed by atoms with Gasteiger partial charge in [-0.1, -0.05) is 12.1 Å². The van der Waals surface area contributed by atoms with Crippen molar-refractivity contribution >= 4 is 17.5 Å². The molecule has 0 atom stereocenters. The van der Waals surface area contributed by atoms with Gasteiger partial charge in [0.1, 0.15) is 5.76 Å². The largest absolute Gasteiger partial charge is 0.456 e. The first kappa shape index (κ1) is 15.3.